The summed E-state index contributed by atoms with van der Waals surface area (Å²) in [5, 5.41) is 3.48. The first kappa shape index (κ1) is 12.1. The fourth-order valence-corrected chi connectivity index (χ4v) is 2.68. The minimum Gasteiger partial charge on any atom is -0.0789 e. The number of nitrogens with zero attached hydrogens (tertiary/aromatic N) is 3. The maximum atomic E-state index is 8.23. The van der Waals surface area contributed by atoms with Crippen molar-refractivity contribution >= 4 is 0 Å². The predicted octanol–water partition coefficient (Wildman–Crippen LogP) is 4.52. The van der Waals surface area contributed by atoms with Gasteiger partial charge in [0.1, 0.15) is 0 Å². The summed E-state index contributed by atoms with van der Waals surface area (Å²) in [5.74, 6) is 2.88. The van der Waals surface area contributed by atoms with Crippen LogP contribution in [0.15, 0.2) is 17.4 Å². The summed E-state index contributed by atoms with van der Waals surface area (Å²) in [6.07, 6.45) is 7.61. The molecule has 0 radical (unpaired) electrons. The number of azide groups is 1. The van der Waals surface area contributed by atoms with Crippen LogP contribution in [-0.4, -0.2) is 0 Å². The molecule has 0 spiro atoms. The highest BCUT2D eigenvalue weighted by atomic mass is 15.1. The second-order valence-corrected chi connectivity index (χ2v) is 5.04. The third-order valence-electron chi connectivity index (χ3n) is 3.53. The monoisotopic (exact) mass is 207 g/mol. The first-order valence-electron chi connectivity index (χ1n) is 5.86. The Hall–Kier alpha value is -0.950. The molecule has 3 unspecified atom stereocenters. The molecular weight excluding hydrogens is 186 g/mol. The molecule has 15 heavy (non-hydrogen) atoms. The predicted molar refractivity (Wildman–Crippen MR) is 63.1 cm³/mol. The highest BCUT2D eigenvalue weighted by Gasteiger charge is 2.28. The van der Waals surface area contributed by atoms with Gasteiger partial charge in [-0.3, -0.25) is 0 Å². The van der Waals surface area contributed by atoms with Crippen LogP contribution >= 0.6 is 0 Å². The van der Waals surface area contributed by atoms with Crippen LogP contribution in [0.5, 0.6) is 0 Å². The largest absolute Gasteiger partial charge is 0.0789 e. The molecule has 84 valence electrons. The van der Waals surface area contributed by atoms with Gasteiger partial charge in [-0.25, -0.2) is 0 Å². The summed E-state index contributed by atoms with van der Waals surface area (Å²) in [4.78, 5) is 2.75. The van der Waals surface area contributed by atoms with Crippen molar-refractivity contribution in [1.82, 2.24) is 0 Å². The van der Waals surface area contributed by atoms with Crippen molar-refractivity contribution in [2.24, 2.45) is 28.8 Å². The van der Waals surface area contributed by atoms with E-state index in [4.69, 9.17) is 5.53 Å². The van der Waals surface area contributed by atoms with Gasteiger partial charge in [-0.05, 0) is 48.2 Å². The van der Waals surface area contributed by atoms with E-state index in [1.807, 2.05) is 0 Å². The summed E-state index contributed by atoms with van der Waals surface area (Å²) in [5.41, 5.74) is 8.23. The average molecular weight is 207 g/mol. The van der Waals surface area contributed by atoms with Crippen LogP contribution in [0.3, 0.4) is 0 Å². The summed E-state index contributed by atoms with van der Waals surface area (Å²) >= 11 is 0. The lowest BCUT2D eigenvalue weighted by atomic mass is 9.70. The molecule has 0 heterocycles. The van der Waals surface area contributed by atoms with Crippen molar-refractivity contribution in [3.63, 3.8) is 0 Å². The SMILES string of the molecule is CC1CCC(C(C)C)C(/C=C/N=[N+]=[N-])C1. The van der Waals surface area contributed by atoms with Gasteiger partial charge in [0.2, 0.25) is 0 Å². The van der Waals surface area contributed by atoms with Crippen LogP contribution < -0.4 is 0 Å². The van der Waals surface area contributed by atoms with Crippen LogP contribution in [0.1, 0.15) is 40.0 Å². The molecule has 1 saturated carbocycles. The fourth-order valence-electron chi connectivity index (χ4n) is 2.68. The lowest BCUT2D eigenvalue weighted by Gasteiger charge is -2.35. The van der Waals surface area contributed by atoms with E-state index in [1.165, 1.54) is 19.3 Å². The number of rotatable bonds is 3. The van der Waals surface area contributed by atoms with E-state index in [0.29, 0.717) is 5.92 Å². The standard InChI is InChI=1S/C12H21N3/c1-9(2)12-5-4-10(3)8-11(12)6-7-14-15-13/h6-7,9-12H,4-5,8H2,1-3H3/b7-6+. The third-order valence-corrected chi connectivity index (χ3v) is 3.53. The molecule has 3 heteroatoms. The Morgan fingerprint density at radius 3 is 2.73 bits per heavy atom. The second-order valence-electron chi connectivity index (χ2n) is 5.04. The minimum atomic E-state index is 0.597. The van der Waals surface area contributed by atoms with E-state index >= 15 is 0 Å². The molecular formula is C12H21N3. The Balaban J connectivity index is 2.65. The minimum absolute atomic E-state index is 0.597. The van der Waals surface area contributed by atoms with Gasteiger partial charge in [-0.1, -0.05) is 38.4 Å². The number of allylic oxidation sites excluding steroid dienone is 1. The Kier molecular flexibility index (Phi) is 4.70. The van der Waals surface area contributed by atoms with Crippen LogP contribution in [0, 0.1) is 23.7 Å². The van der Waals surface area contributed by atoms with Crippen molar-refractivity contribution in [3.8, 4) is 0 Å². The van der Waals surface area contributed by atoms with E-state index in [0.717, 1.165) is 17.8 Å². The first-order valence-corrected chi connectivity index (χ1v) is 5.86. The molecule has 1 rings (SSSR count). The highest BCUT2D eigenvalue weighted by molar-refractivity contribution is 4.94. The zero-order valence-electron chi connectivity index (χ0n) is 9.93. The normalized spacial score (nSPS) is 31.9. The molecule has 0 aromatic carbocycles. The topological polar surface area (TPSA) is 48.8 Å². The molecule has 0 amide bonds. The van der Waals surface area contributed by atoms with E-state index < -0.39 is 0 Å². The van der Waals surface area contributed by atoms with Crippen molar-refractivity contribution < 1.29 is 0 Å². The van der Waals surface area contributed by atoms with Crippen LogP contribution in [0.2, 0.25) is 0 Å². The summed E-state index contributed by atoms with van der Waals surface area (Å²) < 4.78 is 0. The van der Waals surface area contributed by atoms with E-state index in [9.17, 15) is 0 Å². The Morgan fingerprint density at radius 2 is 2.13 bits per heavy atom. The first-order chi connectivity index (χ1) is 7.15. The van der Waals surface area contributed by atoms with Crippen LogP contribution in [-0.2, 0) is 0 Å². The molecule has 3 atom stereocenters. The molecule has 1 aliphatic rings. The van der Waals surface area contributed by atoms with Gasteiger partial charge in [0, 0.05) is 4.91 Å². The van der Waals surface area contributed by atoms with Gasteiger partial charge in [-0.2, -0.15) is 0 Å². The molecule has 3 nitrogen and oxygen atoms in total. The van der Waals surface area contributed by atoms with Gasteiger partial charge in [0.25, 0.3) is 0 Å². The lowest BCUT2D eigenvalue weighted by molar-refractivity contribution is 0.178. The van der Waals surface area contributed by atoms with E-state index in [-0.39, 0.29) is 0 Å². The average Bonchev–Trinajstić information content (AvgIpc) is 2.18. The molecule has 0 aromatic rings. The Morgan fingerprint density at radius 1 is 1.40 bits per heavy atom. The second kappa shape index (κ2) is 5.82. The van der Waals surface area contributed by atoms with Crippen LogP contribution in [0.25, 0.3) is 10.4 Å². The highest BCUT2D eigenvalue weighted by Crippen LogP contribution is 2.38. The number of hydrogen-bond donors (Lipinski definition) is 0. The number of hydrogen-bond acceptors (Lipinski definition) is 1. The zero-order valence-corrected chi connectivity index (χ0v) is 9.93. The Labute approximate surface area is 92.2 Å². The quantitative estimate of drug-likeness (QED) is 0.371. The fraction of sp³-hybridized carbons (Fsp3) is 0.833. The van der Waals surface area contributed by atoms with Crippen molar-refractivity contribution in [2.45, 2.75) is 40.0 Å². The van der Waals surface area contributed by atoms with Gasteiger partial charge >= 0.3 is 0 Å². The van der Waals surface area contributed by atoms with Crippen LogP contribution in [0.4, 0.5) is 0 Å². The van der Waals surface area contributed by atoms with Crippen molar-refractivity contribution in [3.05, 3.63) is 22.7 Å². The van der Waals surface area contributed by atoms with E-state index in [2.05, 4.69) is 36.9 Å². The summed E-state index contributed by atoms with van der Waals surface area (Å²) in [7, 11) is 0. The van der Waals surface area contributed by atoms with Gasteiger partial charge in [-0.15, -0.1) is 0 Å². The third kappa shape index (κ3) is 3.60. The van der Waals surface area contributed by atoms with Gasteiger partial charge < -0.3 is 0 Å². The van der Waals surface area contributed by atoms with E-state index in [1.54, 1.807) is 6.20 Å². The van der Waals surface area contributed by atoms with Crippen molar-refractivity contribution in [2.75, 3.05) is 0 Å². The molecule has 0 aliphatic heterocycles. The maximum Gasteiger partial charge on any atom is 0.00474 e. The summed E-state index contributed by atoms with van der Waals surface area (Å²) in [6.45, 7) is 6.88. The summed E-state index contributed by atoms with van der Waals surface area (Å²) in [6, 6.07) is 0. The maximum absolute atomic E-state index is 8.23. The van der Waals surface area contributed by atoms with Gasteiger partial charge in [0.05, 0.1) is 0 Å². The molecule has 1 aliphatic carbocycles. The molecule has 0 saturated heterocycles. The molecule has 0 N–H and O–H groups in total. The van der Waals surface area contributed by atoms with Gasteiger partial charge in [0.15, 0.2) is 0 Å². The lowest BCUT2D eigenvalue weighted by Crippen LogP contribution is -2.26. The molecule has 0 aromatic heterocycles. The van der Waals surface area contributed by atoms with Crippen molar-refractivity contribution in [1.29, 1.82) is 0 Å². The Bertz CT molecular complexity index is 264. The molecule has 0 bridgehead atoms. The zero-order chi connectivity index (χ0) is 11.3. The molecule has 1 fully saturated rings. The smallest absolute Gasteiger partial charge is 0.00474 e.